The molecule has 238 valence electrons. The molecule has 2 aromatic carbocycles. The Bertz CT molecular complexity index is 1260. The molecule has 44 heavy (non-hydrogen) atoms. The second-order valence-corrected chi connectivity index (χ2v) is 14.7. The number of hydrogen-bond donors (Lipinski definition) is 2. The highest BCUT2D eigenvalue weighted by Gasteiger charge is 2.68. The fourth-order valence-electron chi connectivity index (χ4n) is 8.23. The van der Waals surface area contributed by atoms with Gasteiger partial charge in [-0.3, -0.25) is 9.59 Å². The zero-order chi connectivity index (χ0) is 31.5. The number of amides is 1. The van der Waals surface area contributed by atoms with Gasteiger partial charge in [0.1, 0.15) is 0 Å². The van der Waals surface area contributed by atoms with Crippen LogP contribution in [0.15, 0.2) is 60.7 Å². The van der Waals surface area contributed by atoms with Crippen LogP contribution in [0.2, 0.25) is 5.82 Å². The van der Waals surface area contributed by atoms with Gasteiger partial charge in [0.05, 0.1) is 23.8 Å². The van der Waals surface area contributed by atoms with E-state index >= 15 is 0 Å². The lowest BCUT2D eigenvalue weighted by molar-refractivity contribution is -0.199. The number of rotatable bonds is 15. The van der Waals surface area contributed by atoms with Gasteiger partial charge in [-0.1, -0.05) is 108 Å². The second kappa shape index (κ2) is 13.9. The molecule has 1 amide bonds. The quantitative estimate of drug-likeness (QED) is 0.179. The maximum Gasteiger partial charge on any atom is 0.461 e. The van der Waals surface area contributed by atoms with E-state index in [0.29, 0.717) is 31.1 Å². The summed E-state index contributed by atoms with van der Waals surface area (Å²) in [6.07, 6.45) is 7.46. The zero-order valence-electron chi connectivity index (χ0n) is 27.5. The zero-order valence-corrected chi connectivity index (χ0v) is 27.5. The van der Waals surface area contributed by atoms with Gasteiger partial charge in [0.2, 0.25) is 5.91 Å². The van der Waals surface area contributed by atoms with E-state index in [1.54, 1.807) is 0 Å². The molecule has 6 rings (SSSR count). The van der Waals surface area contributed by atoms with Gasteiger partial charge in [-0.15, -0.1) is 0 Å². The SMILES string of the molecule is CCCCC[C@H](N)C(=O)N[C@@H](Cc1ccccc1)C(=O)C[C@H](Cc1ccccc1)[C@@H](C)B1OC2CC3CC(C3(C)C)[C@@]2(C)O1. The Morgan fingerprint density at radius 1 is 0.977 bits per heavy atom. The standard InChI is InChI=1S/C37H53BN2O4/c1-6-7-10-19-30(39)35(42)40-31(21-27-17-13-9-14-18-27)32(41)22-28(20-26-15-11-8-12-16-26)25(2)38-43-34-24-29-23-33(36(29,3)4)37(34,5)44-38/h8-9,11-18,25,28-31,33-34H,6-7,10,19-24,39H2,1-5H3,(H,40,42)/t25-,28+,29?,30+,31+,33?,34?,37-/m1/s1. The molecular weight excluding hydrogens is 547 g/mol. The molecule has 2 bridgehead atoms. The summed E-state index contributed by atoms with van der Waals surface area (Å²) >= 11 is 0. The van der Waals surface area contributed by atoms with Crippen LogP contribution in [-0.4, -0.2) is 42.6 Å². The summed E-state index contributed by atoms with van der Waals surface area (Å²) in [5, 5.41) is 3.06. The average Bonchev–Trinajstić information content (AvgIpc) is 3.38. The molecule has 1 saturated heterocycles. The highest BCUT2D eigenvalue weighted by Crippen LogP contribution is 2.66. The van der Waals surface area contributed by atoms with E-state index in [1.807, 2.05) is 48.5 Å². The third-order valence-electron chi connectivity index (χ3n) is 11.4. The predicted molar refractivity (Wildman–Crippen MR) is 177 cm³/mol. The van der Waals surface area contributed by atoms with Crippen molar-refractivity contribution in [1.82, 2.24) is 5.32 Å². The summed E-state index contributed by atoms with van der Waals surface area (Å²) in [7, 11) is -0.365. The molecular formula is C37H53BN2O4. The van der Waals surface area contributed by atoms with Crippen molar-refractivity contribution in [3.8, 4) is 0 Å². The number of hydrogen-bond acceptors (Lipinski definition) is 5. The number of nitrogens with two attached hydrogens (primary N) is 1. The Labute approximate surface area is 265 Å². The molecule has 4 aliphatic rings. The van der Waals surface area contributed by atoms with Crippen LogP contribution in [0.1, 0.15) is 90.7 Å². The molecule has 0 spiro atoms. The van der Waals surface area contributed by atoms with Crippen molar-refractivity contribution in [3.05, 3.63) is 71.8 Å². The lowest BCUT2D eigenvalue weighted by Gasteiger charge is -2.64. The average molecular weight is 601 g/mol. The van der Waals surface area contributed by atoms with Crippen molar-refractivity contribution in [1.29, 1.82) is 0 Å². The maximum absolute atomic E-state index is 14.2. The molecule has 3 saturated carbocycles. The number of carbonyl (C=O) groups is 2. The van der Waals surface area contributed by atoms with E-state index < -0.39 is 12.1 Å². The van der Waals surface area contributed by atoms with Gasteiger partial charge in [0.25, 0.3) is 0 Å². The molecule has 0 aromatic heterocycles. The minimum Gasteiger partial charge on any atom is -0.405 e. The fraction of sp³-hybridized carbons (Fsp3) is 0.622. The number of benzene rings is 2. The summed E-state index contributed by atoms with van der Waals surface area (Å²) in [4.78, 5) is 27.4. The first-order chi connectivity index (χ1) is 21.0. The van der Waals surface area contributed by atoms with Gasteiger partial charge in [-0.05, 0) is 79.1 Å². The monoisotopic (exact) mass is 600 g/mol. The van der Waals surface area contributed by atoms with Gasteiger partial charge < -0.3 is 20.4 Å². The van der Waals surface area contributed by atoms with Crippen molar-refractivity contribution < 1.29 is 18.9 Å². The molecule has 3 unspecified atom stereocenters. The molecule has 4 fully saturated rings. The summed E-state index contributed by atoms with van der Waals surface area (Å²) in [5.41, 5.74) is 8.45. The van der Waals surface area contributed by atoms with Crippen molar-refractivity contribution in [2.24, 2.45) is 28.9 Å². The van der Waals surface area contributed by atoms with Crippen molar-refractivity contribution in [2.75, 3.05) is 0 Å². The Morgan fingerprint density at radius 3 is 2.23 bits per heavy atom. The Balaban J connectivity index is 1.34. The van der Waals surface area contributed by atoms with Gasteiger partial charge in [0, 0.05) is 6.42 Å². The van der Waals surface area contributed by atoms with Gasteiger partial charge in [-0.25, -0.2) is 0 Å². The Morgan fingerprint density at radius 2 is 1.61 bits per heavy atom. The molecule has 3 aliphatic carbocycles. The first kappa shape index (κ1) is 32.9. The lowest BCUT2D eigenvalue weighted by Crippen LogP contribution is -2.65. The molecule has 1 aliphatic heterocycles. The number of carbonyl (C=O) groups excluding carboxylic acids is 2. The van der Waals surface area contributed by atoms with Crippen molar-refractivity contribution in [3.63, 3.8) is 0 Å². The molecule has 0 radical (unpaired) electrons. The minimum absolute atomic E-state index is 0.00808. The van der Waals surface area contributed by atoms with Crippen LogP contribution in [-0.2, 0) is 31.7 Å². The predicted octanol–water partition coefficient (Wildman–Crippen LogP) is 6.56. The summed E-state index contributed by atoms with van der Waals surface area (Å²) < 4.78 is 13.6. The number of unbranched alkanes of at least 4 members (excludes halogenated alkanes) is 2. The number of ketones is 1. The number of Topliss-reactive ketones (excluding diaryl/α,β-unsaturated/α-hetero) is 1. The van der Waals surface area contributed by atoms with E-state index in [-0.39, 0.29) is 47.7 Å². The normalized spacial score (nSPS) is 27.9. The highest BCUT2D eigenvalue weighted by molar-refractivity contribution is 6.47. The minimum atomic E-state index is -0.647. The van der Waals surface area contributed by atoms with E-state index in [4.69, 9.17) is 15.0 Å². The third kappa shape index (κ3) is 7.00. The molecule has 7 heteroatoms. The largest absolute Gasteiger partial charge is 0.461 e. The van der Waals surface area contributed by atoms with Crippen LogP contribution in [0.5, 0.6) is 0 Å². The Hall–Kier alpha value is -2.48. The van der Waals surface area contributed by atoms with Gasteiger partial charge in [-0.2, -0.15) is 0 Å². The lowest BCUT2D eigenvalue weighted by atomic mass is 9.43. The molecule has 2 aromatic rings. The Kier molecular flexibility index (Phi) is 10.4. The van der Waals surface area contributed by atoms with Crippen LogP contribution in [0.4, 0.5) is 0 Å². The summed E-state index contributed by atoms with van der Waals surface area (Å²) in [6, 6.07) is 19.0. The van der Waals surface area contributed by atoms with Gasteiger partial charge >= 0.3 is 7.12 Å². The van der Waals surface area contributed by atoms with Crippen LogP contribution < -0.4 is 11.1 Å². The van der Waals surface area contributed by atoms with Crippen LogP contribution in [0.3, 0.4) is 0 Å². The van der Waals surface area contributed by atoms with Gasteiger partial charge in [0.15, 0.2) is 5.78 Å². The third-order valence-corrected chi connectivity index (χ3v) is 11.4. The second-order valence-electron chi connectivity index (χ2n) is 14.7. The first-order valence-electron chi connectivity index (χ1n) is 17.0. The highest BCUT2D eigenvalue weighted by atomic mass is 16.7. The van der Waals surface area contributed by atoms with E-state index in [1.165, 1.54) is 12.0 Å². The summed E-state index contributed by atoms with van der Waals surface area (Å²) in [5.74, 6) is 0.920. The molecule has 3 N–H and O–H groups in total. The molecule has 6 nitrogen and oxygen atoms in total. The fourth-order valence-corrected chi connectivity index (χ4v) is 8.23. The molecule has 8 atom stereocenters. The molecule has 1 heterocycles. The van der Waals surface area contributed by atoms with Crippen molar-refractivity contribution in [2.45, 2.75) is 122 Å². The van der Waals surface area contributed by atoms with E-state index in [9.17, 15) is 9.59 Å². The van der Waals surface area contributed by atoms with Crippen LogP contribution in [0.25, 0.3) is 0 Å². The van der Waals surface area contributed by atoms with E-state index in [0.717, 1.165) is 37.7 Å². The number of nitrogens with one attached hydrogen (secondary N) is 1. The smallest absolute Gasteiger partial charge is 0.405 e. The van der Waals surface area contributed by atoms with Crippen LogP contribution in [0, 0.1) is 23.2 Å². The summed E-state index contributed by atoms with van der Waals surface area (Å²) in [6.45, 7) is 11.3. The first-order valence-corrected chi connectivity index (χ1v) is 17.0. The maximum atomic E-state index is 14.2. The van der Waals surface area contributed by atoms with Crippen molar-refractivity contribution >= 4 is 18.8 Å². The van der Waals surface area contributed by atoms with E-state index in [2.05, 4.69) is 52.1 Å². The van der Waals surface area contributed by atoms with Crippen LogP contribution >= 0.6 is 0 Å². The topological polar surface area (TPSA) is 90.7 Å².